The summed E-state index contributed by atoms with van der Waals surface area (Å²) in [7, 11) is 1.57. The summed E-state index contributed by atoms with van der Waals surface area (Å²) in [6.07, 6.45) is -3.07. The number of rotatable bonds is 11. The number of halogens is 3. The van der Waals surface area contributed by atoms with Gasteiger partial charge in [-0.3, -0.25) is 4.79 Å². The summed E-state index contributed by atoms with van der Waals surface area (Å²) < 4.78 is 46.2. The Morgan fingerprint density at radius 3 is 2.44 bits per heavy atom. The molecule has 0 bridgehead atoms. The van der Waals surface area contributed by atoms with Crippen molar-refractivity contribution in [1.82, 2.24) is 5.32 Å². The van der Waals surface area contributed by atoms with Gasteiger partial charge in [-0.2, -0.15) is 18.4 Å². The normalized spacial score (nSPS) is 15.4. The first-order valence-electron chi connectivity index (χ1n) is 14.0. The van der Waals surface area contributed by atoms with E-state index in [4.69, 9.17) is 15.4 Å². The fourth-order valence-corrected chi connectivity index (χ4v) is 4.91. The third kappa shape index (κ3) is 7.66. The maximum atomic E-state index is 13.5. The van der Waals surface area contributed by atoms with Gasteiger partial charge in [0.1, 0.15) is 5.75 Å². The van der Waals surface area contributed by atoms with Crippen LogP contribution in [0.25, 0.3) is 5.70 Å². The molecule has 0 aromatic heterocycles. The number of alkyl halides is 3. The molecule has 1 heterocycles. The number of nitrogens with zero attached hydrogens (tertiary/aromatic N) is 2. The van der Waals surface area contributed by atoms with Crippen molar-refractivity contribution in [2.24, 2.45) is 0 Å². The molecule has 1 aliphatic rings. The number of nitriles is 1. The van der Waals surface area contributed by atoms with Crippen LogP contribution in [-0.2, 0) is 11.0 Å². The van der Waals surface area contributed by atoms with E-state index in [2.05, 4.69) is 17.2 Å². The van der Waals surface area contributed by atoms with Gasteiger partial charge in [-0.1, -0.05) is 25.5 Å². The van der Waals surface area contributed by atoms with Gasteiger partial charge in [-0.25, -0.2) is 0 Å². The van der Waals surface area contributed by atoms with E-state index in [0.717, 1.165) is 46.5 Å². The first kappa shape index (κ1) is 33.0. The van der Waals surface area contributed by atoms with Gasteiger partial charge >= 0.3 is 6.18 Å². The summed E-state index contributed by atoms with van der Waals surface area (Å²) in [5.74, 6) is 0.291. The zero-order valence-corrected chi connectivity index (χ0v) is 25.4. The topological polar surface area (TPSA) is 101 Å². The van der Waals surface area contributed by atoms with Crippen LogP contribution in [0.4, 0.5) is 24.5 Å². The van der Waals surface area contributed by atoms with Crippen LogP contribution in [0.3, 0.4) is 0 Å². The maximum Gasteiger partial charge on any atom is 0.417 e. The molecule has 228 valence electrons. The van der Waals surface area contributed by atoms with Gasteiger partial charge in [0.15, 0.2) is 0 Å². The second kappa shape index (κ2) is 13.6. The Labute approximate surface area is 251 Å². The van der Waals surface area contributed by atoms with Gasteiger partial charge in [0.2, 0.25) is 5.91 Å². The van der Waals surface area contributed by atoms with Crippen LogP contribution in [0.5, 0.6) is 5.75 Å². The summed E-state index contributed by atoms with van der Waals surface area (Å²) in [5, 5.41) is 24.2. The van der Waals surface area contributed by atoms with Crippen molar-refractivity contribution in [1.29, 1.82) is 10.7 Å². The van der Waals surface area contributed by atoms with E-state index in [9.17, 15) is 18.0 Å². The fraction of sp³-hybridized carbons (Fsp3) is 0.364. The number of carbonyl (C=O) groups is 1. The molecule has 0 saturated carbocycles. The summed E-state index contributed by atoms with van der Waals surface area (Å²) >= 11 is 0. The van der Waals surface area contributed by atoms with E-state index in [1.165, 1.54) is 11.0 Å². The smallest absolute Gasteiger partial charge is 0.417 e. The molecule has 43 heavy (non-hydrogen) atoms. The Balaban J connectivity index is 1.87. The van der Waals surface area contributed by atoms with Crippen LogP contribution in [0.1, 0.15) is 70.6 Å². The number of benzene rings is 2. The quantitative estimate of drug-likeness (QED) is 0.182. The lowest BCUT2D eigenvalue weighted by Gasteiger charge is -2.22. The largest absolute Gasteiger partial charge is 0.496 e. The first-order chi connectivity index (χ1) is 20.2. The van der Waals surface area contributed by atoms with E-state index < -0.39 is 17.3 Å². The van der Waals surface area contributed by atoms with Crippen LogP contribution >= 0.6 is 0 Å². The average molecular weight is 594 g/mol. The number of ether oxygens (including phenoxy) is 1. The van der Waals surface area contributed by atoms with Crippen LogP contribution in [0, 0.1) is 16.7 Å². The molecule has 0 aliphatic carbocycles. The molecule has 1 unspecified atom stereocenters. The highest BCUT2D eigenvalue weighted by molar-refractivity contribution is 5.98. The van der Waals surface area contributed by atoms with Gasteiger partial charge in [0, 0.05) is 47.0 Å². The molecule has 2 aromatic rings. The van der Waals surface area contributed by atoms with Crippen molar-refractivity contribution in [3.8, 4) is 11.8 Å². The van der Waals surface area contributed by atoms with Crippen molar-refractivity contribution >= 4 is 28.7 Å². The number of nitrogens with one attached hydrogen (secondary N) is 3. The summed E-state index contributed by atoms with van der Waals surface area (Å²) in [6, 6.07) is 10.0. The number of hydrogen-bond acceptors (Lipinski definition) is 6. The number of amides is 1. The SMILES string of the molecule is C=C(NC(=C(C)C)c1cc(NC2CC(=O)N(c3ccc(C#N)c(C(F)(F)F)c3)C2)ccc1OC)/C(C)=C(\C)C(=N)CCC. The second-order valence-electron chi connectivity index (χ2n) is 10.8. The molecule has 1 aliphatic heterocycles. The summed E-state index contributed by atoms with van der Waals surface area (Å²) in [6.45, 7) is 14.2. The van der Waals surface area contributed by atoms with E-state index >= 15 is 0 Å². The third-order valence-electron chi connectivity index (χ3n) is 7.45. The number of anilines is 2. The number of hydrogen-bond donors (Lipinski definition) is 3. The van der Waals surface area contributed by atoms with E-state index in [1.54, 1.807) is 19.2 Å². The Kier molecular flexibility index (Phi) is 10.5. The first-order valence-corrected chi connectivity index (χ1v) is 14.0. The predicted octanol–water partition coefficient (Wildman–Crippen LogP) is 7.81. The van der Waals surface area contributed by atoms with Crippen molar-refractivity contribution < 1.29 is 22.7 Å². The fourth-order valence-electron chi connectivity index (χ4n) is 4.91. The summed E-state index contributed by atoms with van der Waals surface area (Å²) in [4.78, 5) is 14.2. The van der Waals surface area contributed by atoms with Gasteiger partial charge in [0.05, 0.1) is 30.3 Å². The maximum absolute atomic E-state index is 13.5. The van der Waals surface area contributed by atoms with Gasteiger partial charge in [-0.15, -0.1) is 0 Å². The van der Waals surface area contributed by atoms with Crippen LogP contribution in [0.15, 0.2) is 65.4 Å². The third-order valence-corrected chi connectivity index (χ3v) is 7.45. The van der Waals surface area contributed by atoms with Crippen LogP contribution in [-0.4, -0.2) is 31.3 Å². The van der Waals surface area contributed by atoms with E-state index in [1.807, 2.05) is 46.8 Å². The van der Waals surface area contributed by atoms with Crippen LogP contribution in [0.2, 0.25) is 0 Å². The van der Waals surface area contributed by atoms with Gasteiger partial charge in [0.25, 0.3) is 0 Å². The Bertz CT molecular complexity index is 1530. The molecule has 1 fully saturated rings. The van der Waals surface area contributed by atoms with Crippen LogP contribution < -0.4 is 20.3 Å². The molecule has 10 heteroatoms. The molecular formula is C33H38F3N5O2. The Morgan fingerprint density at radius 1 is 1.16 bits per heavy atom. The number of carbonyl (C=O) groups excluding carboxylic acids is 1. The highest BCUT2D eigenvalue weighted by Crippen LogP contribution is 2.36. The lowest BCUT2D eigenvalue weighted by molar-refractivity contribution is -0.137. The molecule has 1 atom stereocenters. The van der Waals surface area contributed by atoms with Crippen molar-refractivity contribution in [2.75, 3.05) is 23.9 Å². The molecule has 2 aromatic carbocycles. The van der Waals surface area contributed by atoms with Crippen molar-refractivity contribution in [3.05, 3.63) is 82.1 Å². The zero-order valence-electron chi connectivity index (χ0n) is 25.4. The van der Waals surface area contributed by atoms with E-state index in [0.29, 0.717) is 29.3 Å². The molecule has 3 rings (SSSR count). The van der Waals surface area contributed by atoms with E-state index in [-0.39, 0.29) is 30.6 Å². The number of methoxy groups -OCH3 is 1. The minimum Gasteiger partial charge on any atom is -0.496 e. The number of allylic oxidation sites excluding steroid dienone is 3. The molecule has 1 saturated heterocycles. The minimum absolute atomic E-state index is 0.0836. The molecule has 0 radical (unpaired) electrons. The summed E-state index contributed by atoms with van der Waals surface area (Å²) in [5.41, 5.74) is 4.72. The highest BCUT2D eigenvalue weighted by Gasteiger charge is 2.36. The zero-order chi connectivity index (χ0) is 32.1. The molecule has 7 nitrogen and oxygen atoms in total. The lowest BCUT2D eigenvalue weighted by Crippen LogP contribution is -2.28. The monoisotopic (exact) mass is 593 g/mol. The van der Waals surface area contributed by atoms with Crippen molar-refractivity contribution in [3.63, 3.8) is 0 Å². The lowest BCUT2D eigenvalue weighted by atomic mass is 10.00. The second-order valence-corrected chi connectivity index (χ2v) is 10.8. The molecule has 3 N–H and O–H groups in total. The van der Waals surface area contributed by atoms with Gasteiger partial charge in [-0.05, 0) is 81.7 Å². The Morgan fingerprint density at radius 2 is 1.86 bits per heavy atom. The standard InChI is InChI=1S/C33H38F3N5O2/c1-8-9-29(38)21(5)20(4)22(6)39-32(19(2)3)27-14-24(11-13-30(27)43-7)40-25-15-31(42)41(18-25)26-12-10-23(17-37)28(16-26)33(34,35)36/h10-14,16,25,38-40H,6,8-9,15,18H2,1-5,7H3/b21-20+,38-29?. The molecule has 0 spiro atoms. The Hall–Kier alpha value is -4.52. The molecule has 1 amide bonds. The average Bonchev–Trinajstić information content (AvgIpc) is 3.33. The molecular weight excluding hydrogens is 555 g/mol. The highest BCUT2D eigenvalue weighted by atomic mass is 19.4. The van der Waals surface area contributed by atoms with Crippen molar-refractivity contribution in [2.45, 2.75) is 66.1 Å². The van der Waals surface area contributed by atoms with Gasteiger partial charge < -0.3 is 25.7 Å². The predicted molar refractivity (Wildman–Crippen MR) is 165 cm³/mol. The minimum atomic E-state index is -4.72.